The molecule has 0 atom stereocenters. The third kappa shape index (κ3) is 3.51. The maximum Gasteiger partial charge on any atom is 0.138 e. The molecule has 0 fully saturated rings. The van der Waals surface area contributed by atoms with E-state index in [2.05, 4.69) is 26.8 Å². The van der Waals surface area contributed by atoms with E-state index in [0.717, 1.165) is 42.4 Å². The third-order valence-corrected chi connectivity index (χ3v) is 4.34. The van der Waals surface area contributed by atoms with Crippen molar-refractivity contribution in [2.75, 3.05) is 32.5 Å². The Hall–Kier alpha value is -0.430. The second-order valence-corrected chi connectivity index (χ2v) is 5.71. The molecule has 6 heteroatoms. The van der Waals surface area contributed by atoms with Crippen molar-refractivity contribution in [3.8, 4) is 0 Å². The van der Waals surface area contributed by atoms with E-state index in [0.29, 0.717) is 0 Å². The molecule has 17 heavy (non-hydrogen) atoms. The summed E-state index contributed by atoms with van der Waals surface area (Å²) in [5.74, 6) is 0.901. The highest BCUT2D eigenvalue weighted by Crippen LogP contribution is 2.28. The summed E-state index contributed by atoms with van der Waals surface area (Å²) < 4.78 is 8.75. The van der Waals surface area contributed by atoms with E-state index in [1.54, 1.807) is 11.8 Å². The zero-order valence-electron chi connectivity index (χ0n) is 9.93. The van der Waals surface area contributed by atoms with Gasteiger partial charge in [-0.3, -0.25) is 0 Å². The first-order valence-electron chi connectivity index (χ1n) is 5.75. The zero-order valence-corrected chi connectivity index (χ0v) is 11.6. The van der Waals surface area contributed by atoms with E-state index in [-0.39, 0.29) is 6.61 Å². The number of hydrogen-bond donors (Lipinski definition) is 1. The molecule has 0 radical (unpaired) electrons. The SMILES string of the molecule is CN1CCC=C(c2nsnc2SCCCO)C1. The summed E-state index contributed by atoms with van der Waals surface area (Å²) >= 11 is 2.97. The minimum atomic E-state index is 0.241. The van der Waals surface area contributed by atoms with Crippen LogP contribution in [0.2, 0.25) is 0 Å². The van der Waals surface area contributed by atoms with Crippen molar-refractivity contribution < 1.29 is 5.11 Å². The molecular formula is C11H17N3OS2. The molecule has 0 aliphatic carbocycles. The van der Waals surface area contributed by atoms with Crippen molar-refractivity contribution >= 4 is 29.1 Å². The van der Waals surface area contributed by atoms with Crippen LogP contribution in [0.4, 0.5) is 0 Å². The number of thioether (sulfide) groups is 1. The lowest BCUT2D eigenvalue weighted by Crippen LogP contribution is -2.25. The van der Waals surface area contributed by atoms with Crippen LogP contribution in [0.15, 0.2) is 11.1 Å². The molecule has 4 nitrogen and oxygen atoms in total. The summed E-state index contributed by atoms with van der Waals surface area (Å²) in [5.41, 5.74) is 2.34. The van der Waals surface area contributed by atoms with Crippen molar-refractivity contribution in [1.82, 2.24) is 13.6 Å². The van der Waals surface area contributed by atoms with Crippen LogP contribution in [-0.2, 0) is 0 Å². The molecule has 0 unspecified atom stereocenters. The predicted octanol–water partition coefficient (Wildman–Crippen LogP) is 1.73. The van der Waals surface area contributed by atoms with Gasteiger partial charge >= 0.3 is 0 Å². The number of nitrogens with zero attached hydrogens (tertiary/aromatic N) is 3. The van der Waals surface area contributed by atoms with E-state index in [1.807, 2.05) is 0 Å². The summed E-state index contributed by atoms with van der Waals surface area (Å²) in [6.07, 6.45) is 4.16. The number of rotatable bonds is 5. The Bertz CT molecular complexity index is 392. The number of aliphatic hydroxyl groups is 1. The number of hydrogen-bond acceptors (Lipinski definition) is 6. The van der Waals surface area contributed by atoms with Gasteiger partial charge < -0.3 is 10.0 Å². The first-order valence-corrected chi connectivity index (χ1v) is 7.47. The molecule has 0 saturated heterocycles. The highest BCUT2D eigenvalue weighted by molar-refractivity contribution is 7.99. The normalized spacial score (nSPS) is 17.2. The Balaban J connectivity index is 2.05. The van der Waals surface area contributed by atoms with Gasteiger partial charge in [-0.1, -0.05) is 6.08 Å². The fourth-order valence-electron chi connectivity index (χ4n) is 1.77. The first kappa shape index (κ1) is 13.0. The Labute approximate surface area is 110 Å². The van der Waals surface area contributed by atoms with Crippen LogP contribution in [-0.4, -0.2) is 51.3 Å². The molecule has 0 aromatic carbocycles. The first-order chi connectivity index (χ1) is 8.31. The van der Waals surface area contributed by atoms with Crippen LogP contribution in [0, 0.1) is 0 Å². The molecule has 0 saturated carbocycles. The van der Waals surface area contributed by atoms with Gasteiger partial charge in [-0.2, -0.15) is 8.75 Å². The molecule has 0 amide bonds. The summed E-state index contributed by atoms with van der Waals surface area (Å²) in [6, 6.07) is 0. The summed E-state index contributed by atoms with van der Waals surface area (Å²) in [7, 11) is 2.13. The van der Waals surface area contributed by atoms with E-state index in [4.69, 9.17) is 5.11 Å². The van der Waals surface area contributed by atoms with Gasteiger partial charge in [0.2, 0.25) is 0 Å². The van der Waals surface area contributed by atoms with Gasteiger partial charge in [-0.05, 0) is 25.5 Å². The van der Waals surface area contributed by atoms with Gasteiger partial charge in [0, 0.05) is 25.4 Å². The monoisotopic (exact) mass is 271 g/mol. The molecule has 1 aromatic rings. The lowest BCUT2D eigenvalue weighted by molar-refractivity contribution is 0.296. The largest absolute Gasteiger partial charge is 0.396 e. The van der Waals surface area contributed by atoms with Gasteiger partial charge in [0.15, 0.2) is 0 Å². The average Bonchev–Trinajstić information content (AvgIpc) is 2.78. The molecule has 0 spiro atoms. The van der Waals surface area contributed by atoms with Crippen molar-refractivity contribution in [3.05, 3.63) is 11.8 Å². The van der Waals surface area contributed by atoms with Crippen molar-refractivity contribution in [3.63, 3.8) is 0 Å². The van der Waals surface area contributed by atoms with Gasteiger partial charge in [-0.25, -0.2) is 0 Å². The molecule has 1 aromatic heterocycles. The molecule has 0 bridgehead atoms. The van der Waals surface area contributed by atoms with Crippen LogP contribution in [0.1, 0.15) is 18.5 Å². The molecule has 1 aliphatic rings. The van der Waals surface area contributed by atoms with E-state index in [1.165, 1.54) is 17.3 Å². The minimum absolute atomic E-state index is 0.241. The van der Waals surface area contributed by atoms with E-state index in [9.17, 15) is 0 Å². The van der Waals surface area contributed by atoms with Gasteiger partial charge in [0.05, 0.1) is 11.7 Å². The molecular weight excluding hydrogens is 254 g/mol. The Morgan fingerprint density at radius 2 is 2.41 bits per heavy atom. The summed E-state index contributed by atoms with van der Waals surface area (Å²) in [4.78, 5) is 2.30. The third-order valence-electron chi connectivity index (χ3n) is 2.65. The lowest BCUT2D eigenvalue weighted by Gasteiger charge is -2.22. The van der Waals surface area contributed by atoms with Crippen molar-refractivity contribution in [2.45, 2.75) is 17.9 Å². The van der Waals surface area contributed by atoms with Gasteiger partial charge in [0.25, 0.3) is 0 Å². The van der Waals surface area contributed by atoms with Crippen LogP contribution in [0.25, 0.3) is 5.57 Å². The number of likely N-dealkylation sites (N-methyl/N-ethyl adjacent to an activating group) is 1. The Morgan fingerprint density at radius 3 is 3.18 bits per heavy atom. The quantitative estimate of drug-likeness (QED) is 0.653. The molecule has 1 N–H and O–H groups in total. The zero-order chi connectivity index (χ0) is 12.1. The van der Waals surface area contributed by atoms with Crippen LogP contribution >= 0.6 is 23.5 Å². The maximum atomic E-state index is 8.78. The topological polar surface area (TPSA) is 49.2 Å². The summed E-state index contributed by atoms with van der Waals surface area (Å²) in [5, 5.41) is 9.80. The van der Waals surface area contributed by atoms with Crippen LogP contribution in [0.5, 0.6) is 0 Å². The van der Waals surface area contributed by atoms with Crippen molar-refractivity contribution in [2.24, 2.45) is 0 Å². The van der Waals surface area contributed by atoms with Gasteiger partial charge in [-0.15, -0.1) is 11.8 Å². The van der Waals surface area contributed by atoms with Crippen LogP contribution in [0.3, 0.4) is 0 Å². The van der Waals surface area contributed by atoms with Crippen LogP contribution < -0.4 is 0 Å². The molecule has 1 aliphatic heterocycles. The molecule has 94 valence electrons. The standard InChI is InChI=1S/C11H17N3OS2/c1-14-5-2-4-9(8-14)10-11(13-17-12-10)16-7-3-6-15/h4,15H,2-3,5-8H2,1H3. The highest BCUT2D eigenvalue weighted by Gasteiger charge is 2.17. The maximum absolute atomic E-state index is 8.78. The number of aliphatic hydroxyl groups excluding tert-OH is 1. The second kappa shape index (κ2) is 6.49. The smallest absolute Gasteiger partial charge is 0.138 e. The Kier molecular flexibility index (Phi) is 4.97. The fourth-order valence-corrected chi connectivity index (χ4v) is 3.41. The lowest BCUT2D eigenvalue weighted by atomic mass is 10.1. The molecule has 2 rings (SSSR count). The van der Waals surface area contributed by atoms with E-state index >= 15 is 0 Å². The minimum Gasteiger partial charge on any atom is -0.396 e. The molecule has 2 heterocycles. The summed E-state index contributed by atoms with van der Waals surface area (Å²) in [6.45, 7) is 2.32. The Morgan fingerprint density at radius 1 is 1.53 bits per heavy atom. The predicted molar refractivity (Wildman–Crippen MR) is 72.4 cm³/mol. The fraction of sp³-hybridized carbons (Fsp3) is 0.636. The average molecular weight is 271 g/mol. The van der Waals surface area contributed by atoms with Gasteiger partial charge in [0.1, 0.15) is 10.7 Å². The van der Waals surface area contributed by atoms with E-state index < -0.39 is 0 Å². The second-order valence-electron chi connectivity index (χ2n) is 4.10. The highest BCUT2D eigenvalue weighted by atomic mass is 32.2. The van der Waals surface area contributed by atoms with Crippen molar-refractivity contribution in [1.29, 1.82) is 0 Å². The number of aromatic nitrogens is 2.